The highest BCUT2D eigenvalue weighted by atomic mass is 32.2. The molecule has 0 aliphatic heterocycles. The smallest absolute Gasteiger partial charge is 0.314 e. The van der Waals surface area contributed by atoms with Gasteiger partial charge in [-0.3, -0.25) is 4.79 Å². The van der Waals surface area contributed by atoms with Crippen LogP contribution in [0, 0.1) is 0 Å². The lowest BCUT2D eigenvalue weighted by atomic mass is 9.79. The van der Waals surface area contributed by atoms with Gasteiger partial charge in [0.1, 0.15) is 5.75 Å². The van der Waals surface area contributed by atoms with Crippen molar-refractivity contribution in [2.45, 2.75) is 31.1 Å². The van der Waals surface area contributed by atoms with Gasteiger partial charge in [-0.1, -0.05) is 25.0 Å². The van der Waals surface area contributed by atoms with Crippen molar-refractivity contribution in [2.24, 2.45) is 0 Å². The number of hydrogen-bond donors (Lipinski definition) is 1. The third-order valence-electron chi connectivity index (χ3n) is 3.52. The van der Waals surface area contributed by atoms with Gasteiger partial charge in [-0.15, -0.1) is 0 Å². The Morgan fingerprint density at radius 1 is 1.21 bits per heavy atom. The minimum absolute atomic E-state index is 0.199. The van der Waals surface area contributed by atoms with Crippen molar-refractivity contribution in [2.75, 3.05) is 6.26 Å². The molecule has 1 fully saturated rings. The molecule has 0 amide bonds. The minimum atomic E-state index is -3.56. The third kappa shape index (κ3) is 2.89. The Kier molecular flexibility index (Phi) is 3.54. The normalized spacial score (nSPS) is 18.2. The summed E-state index contributed by atoms with van der Waals surface area (Å²) >= 11 is 0. The van der Waals surface area contributed by atoms with Gasteiger partial charge in [0.25, 0.3) is 0 Å². The number of carboxylic acids is 1. The van der Waals surface area contributed by atoms with Crippen LogP contribution in [-0.2, 0) is 20.3 Å². The lowest BCUT2D eigenvalue weighted by molar-refractivity contribution is -0.143. The van der Waals surface area contributed by atoms with Gasteiger partial charge >= 0.3 is 16.1 Å². The maximum Gasteiger partial charge on any atom is 0.314 e. The van der Waals surface area contributed by atoms with Crippen LogP contribution in [0.3, 0.4) is 0 Å². The molecule has 0 radical (unpaired) electrons. The van der Waals surface area contributed by atoms with Gasteiger partial charge in [0.05, 0.1) is 11.7 Å². The SMILES string of the molecule is CS(=O)(=O)Oc1ccc(C2(C(=O)O)CCCC2)cc1. The summed E-state index contributed by atoms with van der Waals surface area (Å²) in [6, 6.07) is 6.28. The molecule has 1 aliphatic rings. The number of rotatable bonds is 4. The lowest BCUT2D eigenvalue weighted by Gasteiger charge is -2.24. The summed E-state index contributed by atoms with van der Waals surface area (Å²) in [5.74, 6) is -0.619. The maximum atomic E-state index is 11.5. The first-order valence-electron chi connectivity index (χ1n) is 6.07. The van der Waals surface area contributed by atoms with Gasteiger partial charge in [-0.2, -0.15) is 8.42 Å². The molecule has 1 aromatic rings. The molecule has 19 heavy (non-hydrogen) atoms. The second-order valence-electron chi connectivity index (χ2n) is 4.91. The highest BCUT2D eigenvalue weighted by Gasteiger charge is 2.42. The van der Waals surface area contributed by atoms with Crippen molar-refractivity contribution in [1.82, 2.24) is 0 Å². The molecule has 5 nitrogen and oxygen atoms in total. The topological polar surface area (TPSA) is 80.7 Å². The summed E-state index contributed by atoms with van der Waals surface area (Å²) in [4.78, 5) is 11.5. The molecule has 104 valence electrons. The fourth-order valence-corrected chi connectivity index (χ4v) is 3.07. The summed E-state index contributed by atoms with van der Waals surface area (Å²) in [5.41, 5.74) is -0.123. The molecule has 6 heteroatoms. The highest BCUT2D eigenvalue weighted by molar-refractivity contribution is 7.86. The van der Waals surface area contributed by atoms with Gasteiger partial charge in [-0.05, 0) is 30.5 Å². The van der Waals surface area contributed by atoms with E-state index in [1.807, 2.05) is 0 Å². The molecule has 1 N–H and O–H groups in total. The van der Waals surface area contributed by atoms with Crippen molar-refractivity contribution >= 4 is 16.1 Å². The Bertz CT molecular complexity index is 568. The molecule has 1 aromatic carbocycles. The first kappa shape index (κ1) is 13.9. The zero-order valence-corrected chi connectivity index (χ0v) is 11.4. The monoisotopic (exact) mass is 284 g/mol. The second-order valence-corrected chi connectivity index (χ2v) is 6.48. The molecule has 2 rings (SSSR count). The van der Waals surface area contributed by atoms with Crippen LogP contribution in [0.1, 0.15) is 31.2 Å². The maximum absolute atomic E-state index is 11.5. The fraction of sp³-hybridized carbons (Fsp3) is 0.462. The number of benzene rings is 1. The number of carbonyl (C=O) groups is 1. The second kappa shape index (κ2) is 4.85. The van der Waals surface area contributed by atoms with E-state index in [1.54, 1.807) is 12.1 Å². The molecular weight excluding hydrogens is 268 g/mol. The van der Waals surface area contributed by atoms with Crippen LogP contribution in [0.25, 0.3) is 0 Å². The molecule has 1 saturated carbocycles. The first-order chi connectivity index (χ1) is 8.83. The van der Waals surface area contributed by atoms with Crippen LogP contribution in [0.4, 0.5) is 0 Å². The standard InChI is InChI=1S/C13H16O5S/c1-19(16,17)18-11-6-4-10(5-7-11)13(12(14)15)8-2-3-9-13/h4-7H,2-3,8-9H2,1H3,(H,14,15). The largest absolute Gasteiger partial charge is 0.481 e. The average Bonchev–Trinajstić information content (AvgIpc) is 2.78. The van der Waals surface area contributed by atoms with Crippen LogP contribution < -0.4 is 4.18 Å². The van der Waals surface area contributed by atoms with Crippen LogP contribution in [0.15, 0.2) is 24.3 Å². The van der Waals surface area contributed by atoms with E-state index in [2.05, 4.69) is 0 Å². The average molecular weight is 284 g/mol. The van der Waals surface area contributed by atoms with Crippen molar-refractivity contribution in [3.8, 4) is 5.75 Å². The number of hydrogen-bond acceptors (Lipinski definition) is 4. The quantitative estimate of drug-likeness (QED) is 0.854. The van der Waals surface area contributed by atoms with Crippen molar-refractivity contribution < 1.29 is 22.5 Å². The summed E-state index contributed by atoms with van der Waals surface area (Å²) in [6.45, 7) is 0. The zero-order chi connectivity index (χ0) is 14.1. The molecule has 0 atom stereocenters. The van der Waals surface area contributed by atoms with E-state index in [9.17, 15) is 18.3 Å². The van der Waals surface area contributed by atoms with E-state index >= 15 is 0 Å². The van der Waals surface area contributed by atoms with Crippen LogP contribution in [0.2, 0.25) is 0 Å². The van der Waals surface area contributed by atoms with E-state index in [-0.39, 0.29) is 5.75 Å². The van der Waals surface area contributed by atoms with E-state index in [0.29, 0.717) is 18.4 Å². The predicted molar refractivity (Wildman–Crippen MR) is 69.7 cm³/mol. The Morgan fingerprint density at radius 2 is 1.74 bits per heavy atom. The number of aliphatic carboxylic acids is 1. The van der Waals surface area contributed by atoms with Crippen LogP contribution in [-0.4, -0.2) is 25.7 Å². The third-order valence-corrected chi connectivity index (χ3v) is 4.02. The van der Waals surface area contributed by atoms with Crippen molar-refractivity contribution in [3.05, 3.63) is 29.8 Å². The van der Waals surface area contributed by atoms with Crippen LogP contribution >= 0.6 is 0 Å². The van der Waals surface area contributed by atoms with Gasteiger partial charge in [0.15, 0.2) is 0 Å². The summed E-state index contributed by atoms with van der Waals surface area (Å²) in [6.07, 6.45) is 4.00. The van der Waals surface area contributed by atoms with E-state index < -0.39 is 21.5 Å². The van der Waals surface area contributed by atoms with Gasteiger partial charge in [-0.25, -0.2) is 0 Å². The minimum Gasteiger partial charge on any atom is -0.481 e. The van der Waals surface area contributed by atoms with Crippen LogP contribution in [0.5, 0.6) is 5.75 Å². The molecule has 0 heterocycles. The van der Waals surface area contributed by atoms with Crippen molar-refractivity contribution in [3.63, 3.8) is 0 Å². The Hall–Kier alpha value is -1.56. The molecule has 0 unspecified atom stereocenters. The molecule has 0 saturated heterocycles. The summed E-state index contributed by atoms with van der Waals surface area (Å²) < 4.78 is 26.7. The molecule has 1 aliphatic carbocycles. The Labute approximate surface area is 112 Å². The Morgan fingerprint density at radius 3 is 2.16 bits per heavy atom. The van der Waals surface area contributed by atoms with E-state index in [1.165, 1.54) is 12.1 Å². The van der Waals surface area contributed by atoms with E-state index in [0.717, 1.165) is 19.1 Å². The van der Waals surface area contributed by atoms with Gasteiger partial charge in [0, 0.05) is 0 Å². The molecular formula is C13H16O5S. The van der Waals surface area contributed by atoms with E-state index in [4.69, 9.17) is 4.18 Å². The first-order valence-corrected chi connectivity index (χ1v) is 7.89. The Balaban J connectivity index is 2.29. The highest BCUT2D eigenvalue weighted by Crippen LogP contribution is 2.41. The molecule has 0 aromatic heterocycles. The molecule has 0 spiro atoms. The van der Waals surface area contributed by atoms with Gasteiger partial charge < -0.3 is 9.29 Å². The number of carboxylic acid groups (broad SMARTS) is 1. The van der Waals surface area contributed by atoms with Crippen molar-refractivity contribution in [1.29, 1.82) is 0 Å². The summed E-state index contributed by atoms with van der Waals surface area (Å²) in [5, 5.41) is 9.45. The molecule has 0 bridgehead atoms. The van der Waals surface area contributed by atoms with Gasteiger partial charge in [0.2, 0.25) is 0 Å². The fourth-order valence-electron chi connectivity index (χ4n) is 2.61. The predicted octanol–water partition coefficient (Wildman–Crippen LogP) is 1.92. The summed E-state index contributed by atoms with van der Waals surface area (Å²) in [7, 11) is -3.56. The zero-order valence-electron chi connectivity index (χ0n) is 10.6. The lowest BCUT2D eigenvalue weighted by Crippen LogP contribution is -2.32.